The lowest BCUT2D eigenvalue weighted by Crippen LogP contribution is -2.37. The number of hydrogen-bond acceptors (Lipinski definition) is 3. The molecule has 0 spiro atoms. The fourth-order valence-electron chi connectivity index (χ4n) is 3.73. The van der Waals surface area contributed by atoms with Crippen molar-refractivity contribution in [2.45, 2.75) is 25.3 Å². The van der Waals surface area contributed by atoms with Gasteiger partial charge in [-0.25, -0.2) is 0 Å². The predicted molar refractivity (Wildman–Crippen MR) is 107 cm³/mol. The first-order valence-electron chi connectivity index (χ1n) is 9.50. The van der Waals surface area contributed by atoms with Gasteiger partial charge in [-0.2, -0.15) is 0 Å². The molecule has 1 aromatic heterocycles. The Morgan fingerprint density at radius 3 is 2.67 bits per heavy atom. The molecule has 0 fully saturated rings. The van der Waals surface area contributed by atoms with E-state index in [9.17, 15) is 4.79 Å². The molecule has 1 aliphatic heterocycles. The Morgan fingerprint density at radius 2 is 1.85 bits per heavy atom. The minimum atomic E-state index is 0.00400. The van der Waals surface area contributed by atoms with Gasteiger partial charge in [-0.05, 0) is 42.2 Å². The Bertz CT molecular complexity index is 874. The van der Waals surface area contributed by atoms with Crippen molar-refractivity contribution in [1.82, 2.24) is 5.32 Å². The fraction of sp³-hybridized carbons (Fsp3) is 0.261. The monoisotopic (exact) mass is 360 g/mol. The summed E-state index contributed by atoms with van der Waals surface area (Å²) in [5, 5.41) is 3.11. The smallest absolute Gasteiger partial charge is 0.220 e. The summed E-state index contributed by atoms with van der Waals surface area (Å²) in [5.41, 5.74) is 3.77. The number of para-hydroxylation sites is 1. The lowest BCUT2D eigenvalue weighted by atomic mass is 10.1. The normalized spacial score (nSPS) is 14.0. The largest absolute Gasteiger partial charge is 0.467 e. The minimum Gasteiger partial charge on any atom is -0.467 e. The highest BCUT2D eigenvalue weighted by Crippen LogP contribution is 2.34. The van der Waals surface area contributed by atoms with E-state index >= 15 is 0 Å². The van der Waals surface area contributed by atoms with Crippen LogP contribution in [0.3, 0.4) is 0 Å². The number of fused-ring (bicyclic) bond motifs is 1. The van der Waals surface area contributed by atoms with Gasteiger partial charge in [0.25, 0.3) is 0 Å². The van der Waals surface area contributed by atoms with Gasteiger partial charge in [0.15, 0.2) is 0 Å². The zero-order chi connectivity index (χ0) is 18.5. The predicted octanol–water partition coefficient (Wildman–Crippen LogP) is 4.13. The van der Waals surface area contributed by atoms with Crippen LogP contribution >= 0.6 is 0 Å². The van der Waals surface area contributed by atoms with Gasteiger partial charge < -0.3 is 14.6 Å². The number of nitrogens with one attached hydrogen (secondary N) is 1. The summed E-state index contributed by atoms with van der Waals surface area (Å²) < 4.78 is 5.69. The van der Waals surface area contributed by atoms with Crippen LogP contribution in [0, 0.1) is 0 Å². The number of carbonyl (C=O) groups excluding carboxylic acids is 1. The number of hydrogen-bond donors (Lipinski definition) is 1. The number of aryl methyl sites for hydroxylation is 1. The number of rotatable bonds is 7. The van der Waals surface area contributed by atoms with Crippen LogP contribution in [0.2, 0.25) is 0 Å². The van der Waals surface area contributed by atoms with Crippen molar-refractivity contribution in [3.05, 3.63) is 89.9 Å². The first-order chi connectivity index (χ1) is 13.3. The molecule has 0 unspecified atom stereocenters. The Kier molecular flexibility index (Phi) is 5.24. The maximum Gasteiger partial charge on any atom is 0.220 e. The Morgan fingerprint density at radius 1 is 1.04 bits per heavy atom. The Labute approximate surface area is 159 Å². The van der Waals surface area contributed by atoms with E-state index in [1.165, 1.54) is 16.8 Å². The molecule has 1 N–H and O–H groups in total. The fourth-order valence-corrected chi connectivity index (χ4v) is 3.73. The van der Waals surface area contributed by atoms with Crippen LogP contribution in [0.1, 0.15) is 29.3 Å². The molecule has 3 aromatic rings. The van der Waals surface area contributed by atoms with Gasteiger partial charge in [-0.15, -0.1) is 0 Å². The molecule has 4 rings (SSSR count). The quantitative estimate of drug-likeness (QED) is 0.689. The van der Waals surface area contributed by atoms with Crippen LogP contribution in [-0.2, 0) is 17.6 Å². The zero-order valence-corrected chi connectivity index (χ0v) is 15.3. The van der Waals surface area contributed by atoms with Crippen LogP contribution in [-0.4, -0.2) is 19.0 Å². The summed E-state index contributed by atoms with van der Waals surface area (Å²) in [5.74, 6) is 0.956. The Hall–Kier alpha value is -3.01. The molecule has 1 aliphatic rings. The summed E-state index contributed by atoms with van der Waals surface area (Å²) in [4.78, 5) is 14.7. The average molecular weight is 360 g/mol. The second kappa shape index (κ2) is 8.12. The number of amides is 1. The second-order valence-corrected chi connectivity index (χ2v) is 6.89. The molecule has 1 amide bonds. The van der Waals surface area contributed by atoms with Crippen molar-refractivity contribution in [1.29, 1.82) is 0 Å². The lowest BCUT2D eigenvalue weighted by molar-refractivity contribution is -0.121. The summed E-state index contributed by atoms with van der Waals surface area (Å²) in [6.45, 7) is 1.47. The molecule has 27 heavy (non-hydrogen) atoms. The summed E-state index contributed by atoms with van der Waals surface area (Å²) in [7, 11) is 0. The molecule has 2 heterocycles. The molecular formula is C23H24N2O2. The van der Waals surface area contributed by atoms with E-state index in [0.29, 0.717) is 13.0 Å². The number of anilines is 1. The van der Waals surface area contributed by atoms with Gasteiger partial charge in [-0.1, -0.05) is 48.5 Å². The SMILES string of the molecule is O=C(CCc1ccccc1)NC[C@@H](c1ccco1)N1CCc2ccccc21. The number of carbonyl (C=O) groups is 1. The van der Waals surface area contributed by atoms with E-state index in [-0.39, 0.29) is 11.9 Å². The van der Waals surface area contributed by atoms with Crippen LogP contribution in [0.5, 0.6) is 0 Å². The zero-order valence-electron chi connectivity index (χ0n) is 15.3. The standard InChI is InChI=1S/C23H24N2O2/c26-23(13-12-18-7-2-1-3-8-18)24-17-21(22-11-6-16-27-22)25-15-14-19-9-4-5-10-20(19)25/h1-11,16,21H,12-15,17H2,(H,24,26)/t21-/m0/s1. The van der Waals surface area contributed by atoms with Gasteiger partial charge in [0.2, 0.25) is 5.91 Å². The van der Waals surface area contributed by atoms with E-state index in [4.69, 9.17) is 4.42 Å². The molecule has 0 aliphatic carbocycles. The third-order valence-electron chi connectivity index (χ3n) is 5.15. The van der Waals surface area contributed by atoms with Crippen molar-refractivity contribution in [2.24, 2.45) is 0 Å². The van der Waals surface area contributed by atoms with Crippen molar-refractivity contribution in [3.63, 3.8) is 0 Å². The van der Waals surface area contributed by atoms with Gasteiger partial charge in [0.1, 0.15) is 11.8 Å². The molecule has 2 aromatic carbocycles. The third-order valence-corrected chi connectivity index (χ3v) is 5.15. The molecule has 0 saturated heterocycles. The van der Waals surface area contributed by atoms with E-state index in [1.54, 1.807) is 6.26 Å². The lowest BCUT2D eigenvalue weighted by Gasteiger charge is -2.29. The van der Waals surface area contributed by atoms with Gasteiger partial charge >= 0.3 is 0 Å². The highest BCUT2D eigenvalue weighted by molar-refractivity contribution is 5.76. The van der Waals surface area contributed by atoms with Crippen LogP contribution in [0.15, 0.2) is 77.4 Å². The summed E-state index contributed by atoms with van der Waals surface area (Å²) >= 11 is 0. The number of nitrogens with zero attached hydrogens (tertiary/aromatic N) is 1. The highest BCUT2D eigenvalue weighted by atomic mass is 16.3. The van der Waals surface area contributed by atoms with Crippen molar-refractivity contribution >= 4 is 11.6 Å². The molecule has 0 bridgehead atoms. The van der Waals surface area contributed by atoms with Crippen molar-refractivity contribution < 1.29 is 9.21 Å². The minimum absolute atomic E-state index is 0.00400. The van der Waals surface area contributed by atoms with E-state index < -0.39 is 0 Å². The van der Waals surface area contributed by atoms with Crippen LogP contribution < -0.4 is 10.2 Å². The van der Waals surface area contributed by atoms with E-state index in [2.05, 4.69) is 46.6 Å². The van der Waals surface area contributed by atoms with Crippen molar-refractivity contribution in [2.75, 3.05) is 18.0 Å². The highest BCUT2D eigenvalue weighted by Gasteiger charge is 2.28. The van der Waals surface area contributed by atoms with Crippen LogP contribution in [0.25, 0.3) is 0 Å². The van der Waals surface area contributed by atoms with Crippen molar-refractivity contribution in [3.8, 4) is 0 Å². The van der Waals surface area contributed by atoms with Gasteiger partial charge in [-0.3, -0.25) is 4.79 Å². The second-order valence-electron chi connectivity index (χ2n) is 6.89. The van der Waals surface area contributed by atoms with Gasteiger partial charge in [0, 0.05) is 25.2 Å². The number of benzene rings is 2. The van der Waals surface area contributed by atoms with Crippen LogP contribution in [0.4, 0.5) is 5.69 Å². The maximum atomic E-state index is 12.4. The summed E-state index contributed by atoms with van der Waals surface area (Å²) in [6.07, 6.45) is 3.97. The average Bonchev–Trinajstić information content (AvgIpc) is 3.38. The molecule has 0 saturated carbocycles. The first-order valence-corrected chi connectivity index (χ1v) is 9.50. The van der Waals surface area contributed by atoms with E-state index in [0.717, 1.165) is 25.1 Å². The van der Waals surface area contributed by atoms with E-state index in [1.807, 2.05) is 30.3 Å². The maximum absolute atomic E-state index is 12.4. The topological polar surface area (TPSA) is 45.5 Å². The molecule has 1 atom stereocenters. The first kappa shape index (κ1) is 17.4. The molecule has 4 heteroatoms. The summed E-state index contributed by atoms with van der Waals surface area (Å²) in [6, 6.07) is 22.5. The number of furan rings is 1. The molecule has 138 valence electrons. The Balaban J connectivity index is 1.41. The van der Waals surface area contributed by atoms with Gasteiger partial charge in [0.05, 0.1) is 6.26 Å². The molecule has 4 nitrogen and oxygen atoms in total. The molecular weight excluding hydrogens is 336 g/mol. The molecule has 0 radical (unpaired) electrons. The third kappa shape index (κ3) is 4.05.